The third-order valence-corrected chi connectivity index (χ3v) is 5.93. The molecule has 1 N–H and O–H groups in total. The van der Waals surface area contributed by atoms with E-state index in [0.29, 0.717) is 36.5 Å². The van der Waals surface area contributed by atoms with Crippen LogP contribution in [0.4, 0.5) is 5.69 Å². The van der Waals surface area contributed by atoms with Gasteiger partial charge in [-0.15, -0.1) is 0 Å². The lowest BCUT2D eigenvalue weighted by molar-refractivity contribution is -0.140. The van der Waals surface area contributed by atoms with E-state index in [4.69, 9.17) is 0 Å². The Labute approximate surface area is 150 Å². The standard InChI is InChI=1S/C21H29NO3/c1-25-19(24)11-7-3-6-10-18(23)20-15-12-13-16(14-15)21(20)22-17-8-4-2-5-9-17/h2,4-5,8-9,15-16,20-22H,3,6-7,10-14H2,1H3/t15-,16+,20+,21-/m0/s1. The zero-order chi connectivity index (χ0) is 17.6. The summed E-state index contributed by atoms with van der Waals surface area (Å²) in [5.41, 5.74) is 1.12. The van der Waals surface area contributed by atoms with Crippen molar-refractivity contribution in [1.29, 1.82) is 0 Å². The van der Waals surface area contributed by atoms with Crippen LogP contribution in [0, 0.1) is 17.8 Å². The number of Topliss-reactive ketones (excluding diaryl/α,β-unsaturated/α-hetero) is 1. The molecule has 4 nitrogen and oxygen atoms in total. The summed E-state index contributed by atoms with van der Waals surface area (Å²) in [6, 6.07) is 10.6. The van der Waals surface area contributed by atoms with Gasteiger partial charge in [0.1, 0.15) is 5.78 Å². The summed E-state index contributed by atoms with van der Waals surface area (Å²) in [4.78, 5) is 24.0. The second-order valence-electron chi connectivity index (χ2n) is 7.50. The number of hydrogen-bond acceptors (Lipinski definition) is 4. The van der Waals surface area contributed by atoms with E-state index in [1.165, 1.54) is 26.4 Å². The van der Waals surface area contributed by atoms with E-state index in [9.17, 15) is 9.59 Å². The highest BCUT2D eigenvalue weighted by Crippen LogP contribution is 2.50. The van der Waals surface area contributed by atoms with Gasteiger partial charge in [0.2, 0.25) is 0 Å². The zero-order valence-electron chi connectivity index (χ0n) is 15.1. The average molecular weight is 343 g/mol. The summed E-state index contributed by atoms with van der Waals surface area (Å²) >= 11 is 0. The number of nitrogens with one attached hydrogen (secondary N) is 1. The van der Waals surface area contributed by atoms with Crippen LogP contribution in [0.2, 0.25) is 0 Å². The summed E-state index contributed by atoms with van der Waals surface area (Å²) in [5, 5.41) is 3.65. The number of carbonyl (C=O) groups excluding carboxylic acids is 2. The van der Waals surface area contributed by atoms with Crippen LogP contribution < -0.4 is 5.32 Å². The van der Waals surface area contributed by atoms with Gasteiger partial charge in [-0.1, -0.05) is 24.6 Å². The van der Waals surface area contributed by atoms with E-state index in [1.54, 1.807) is 0 Å². The first-order valence-electron chi connectivity index (χ1n) is 9.60. The molecule has 2 saturated carbocycles. The van der Waals surface area contributed by atoms with Crippen LogP contribution in [-0.2, 0) is 14.3 Å². The highest BCUT2D eigenvalue weighted by Gasteiger charge is 2.50. The molecule has 0 aromatic heterocycles. The largest absolute Gasteiger partial charge is 0.469 e. The molecule has 1 aromatic carbocycles. The molecule has 0 spiro atoms. The first-order chi connectivity index (χ1) is 12.2. The van der Waals surface area contributed by atoms with Gasteiger partial charge in [-0.3, -0.25) is 9.59 Å². The number of para-hydroxylation sites is 1. The molecule has 0 amide bonds. The lowest BCUT2D eigenvalue weighted by Crippen LogP contribution is -2.39. The van der Waals surface area contributed by atoms with Crippen molar-refractivity contribution in [3.63, 3.8) is 0 Å². The number of hydrogen-bond donors (Lipinski definition) is 1. The average Bonchev–Trinajstić information content (AvgIpc) is 3.23. The summed E-state index contributed by atoms with van der Waals surface area (Å²) in [7, 11) is 1.42. The molecule has 136 valence electrons. The van der Waals surface area contributed by atoms with Crippen LogP contribution in [0.15, 0.2) is 30.3 Å². The van der Waals surface area contributed by atoms with Gasteiger partial charge in [0.25, 0.3) is 0 Å². The van der Waals surface area contributed by atoms with Gasteiger partial charge >= 0.3 is 5.97 Å². The number of esters is 1. The van der Waals surface area contributed by atoms with E-state index in [1.807, 2.05) is 18.2 Å². The van der Waals surface area contributed by atoms with Gasteiger partial charge in [-0.2, -0.15) is 0 Å². The van der Waals surface area contributed by atoms with Crippen molar-refractivity contribution in [2.75, 3.05) is 12.4 Å². The molecule has 2 aliphatic rings. The number of anilines is 1. The van der Waals surface area contributed by atoms with E-state index in [-0.39, 0.29) is 11.9 Å². The SMILES string of the molecule is COC(=O)CCCCCC(=O)[C@H]1[C@H]2CC[C@H](C2)[C@@H]1Nc1ccccc1. The number of unbranched alkanes of at least 4 members (excludes halogenated alkanes) is 2. The maximum atomic E-state index is 12.9. The van der Waals surface area contributed by atoms with Gasteiger partial charge in [-0.05, 0) is 56.1 Å². The zero-order valence-corrected chi connectivity index (χ0v) is 15.1. The molecular weight excluding hydrogens is 314 g/mol. The van der Waals surface area contributed by atoms with E-state index in [0.717, 1.165) is 24.9 Å². The van der Waals surface area contributed by atoms with Crippen molar-refractivity contribution in [1.82, 2.24) is 0 Å². The normalized spacial score (nSPS) is 27.2. The van der Waals surface area contributed by atoms with Gasteiger partial charge in [0, 0.05) is 30.5 Å². The third kappa shape index (κ3) is 4.42. The lowest BCUT2D eigenvalue weighted by Gasteiger charge is -2.31. The fourth-order valence-corrected chi connectivity index (χ4v) is 4.70. The Kier molecular flexibility index (Phi) is 6.11. The Morgan fingerprint density at radius 2 is 1.76 bits per heavy atom. The predicted molar refractivity (Wildman–Crippen MR) is 98.3 cm³/mol. The molecule has 0 heterocycles. The molecule has 2 bridgehead atoms. The molecular formula is C21H29NO3. The van der Waals surface area contributed by atoms with Crippen LogP contribution in [0.25, 0.3) is 0 Å². The molecule has 0 radical (unpaired) electrons. The number of fused-ring (bicyclic) bond motifs is 2. The predicted octanol–water partition coefficient (Wildman–Crippen LogP) is 4.21. The number of benzene rings is 1. The number of ether oxygens (including phenoxy) is 1. The first kappa shape index (κ1) is 18.0. The maximum absolute atomic E-state index is 12.9. The van der Waals surface area contributed by atoms with Crippen molar-refractivity contribution in [3.8, 4) is 0 Å². The summed E-state index contributed by atoms with van der Waals surface area (Å²) in [5.74, 6) is 1.62. The minimum absolute atomic E-state index is 0.161. The fraction of sp³-hybridized carbons (Fsp3) is 0.619. The Balaban J connectivity index is 1.50. The third-order valence-electron chi connectivity index (χ3n) is 5.93. The molecule has 1 aromatic rings. The lowest BCUT2D eigenvalue weighted by atomic mass is 9.80. The number of methoxy groups -OCH3 is 1. The second kappa shape index (κ2) is 8.50. The van der Waals surface area contributed by atoms with Gasteiger partial charge in [-0.25, -0.2) is 0 Å². The van der Waals surface area contributed by atoms with Crippen molar-refractivity contribution in [2.24, 2.45) is 17.8 Å². The minimum atomic E-state index is -0.161. The Morgan fingerprint density at radius 3 is 2.52 bits per heavy atom. The molecule has 3 rings (SSSR count). The smallest absolute Gasteiger partial charge is 0.305 e. The van der Waals surface area contributed by atoms with Crippen LogP contribution in [0.5, 0.6) is 0 Å². The van der Waals surface area contributed by atoms with Crippen molar-refractivity contribution in [2.45, 2.75) is 57.4 Å². The summed E-state index contributed by atoms with van der Waals surface area (Å²) in [6.45, 7) is 0. The number of ketones is 1. The molecule has 2 aliphatic carbocycles. The Morgan fingerprint density at radius 1 is 1.04 bits per heavy atom. The van der Waals surface area contributed by atoms with Gasteiger partial charge in [0.05, 0.1) is 7.11 Å². The molecule has 4 heteroatoms. The quantitative estimate of drug-likeness (QED) is 0.539. The Hall–Kier alpha value is -1.84. The van der Waals surface area contributed by atoms with Gasteiger partial charge < -0.3 is 10.1 Å². The first-order valence-corrected chi connectivity index (χ1v) is 9.60. The van der Waals surface area contributed by atoms with E-state index < -0.39 is 0 Å². The molecule has 0 saturated heterocycles. The minimum Gasteiger partial charge on any atom is -0.469 e. The number of carbonyl (C=O) groups is 2. The molecule has 4 atom stereocenters. The van der Waals surface area contributed by atoms with Crippen LogP contribution in [0.1, 0.15) is 51.4 Å². The van der Waals surface area contributed by atoms with Crippen LogP contribution in [0.3, 0.4) is 0 Å². The van der Waals surface area contributed by atoms with E-state index >= 15 is 0 Å². The van der Waals surface area contributed by atoms with Crippen molar-refractivity contribution in [3.05, 3.63) is 30.3 Å². The maximum Gasteiger partial charge on any atom is 0.305 e. The van der Waals surface area contributed by atoms with E-state index in [2.05, 4.69) is 22.2 Å². The second-order valence-corrected chi connectivity index (χ2v) is 7.50. The fourth-order valence-electron chi connectivity index (χ4n) is 4.70. The van der Waals surface area contributed by atoms with Crippen molar-refractivity contribution >= 4 is 17.4 Å². The molecule has 2 fully saturated rings. The van der Waals surface area contributed by atoms with Gasteiger partial charge in [0.15, 0.2) is 0 Å². The molecule has 0 unspecified atom stereocenters. The summed E-state index contributed by atoms with van der Waals surface area (Å²) < 4.78 is 4.65. The highest BCUT2D eigenvalue weighted by molar-refractivity contribution is 5.83. The van der Waals surface area contributed by atoms with Crippen LogP contribution in [-0.4, -0.2) is 24.9 Å². The highest BCUT2D eigenvalue weighted by atomic mass is 16.5. The molecule has 0 aliphatic heterocycles. The van der Waals surface area contributed by atoms with Crippen molar-refractivity contribution < 1.29 is 14.3 Å². The number of rotatable bonds is 9. The molecule has 25 heavy (non-hydrogen) atoms. The summed E-state index contributed by atoms with van der Waals surface area (Å²) in [6.07, 6.45) is 7.35. The Bertz CT molecular complexity index is 586. The topological polar surface area (TPSA) is 55.4 Å². The monoisotopic (exact) mass is 343 g/mol. The van der Waals surface area contributed by atoms with Crippen LogP contribution >= 0.6 is 0 Å².